The molecule has 4 rings (SSSR count). The summed E-state index contributed by atoms with van der Waals surface area (Å²) in [6, 6.07) is 14.8. The zero-order chi connectivity index (χ0) is 21.7. The highest BCUT2D eigenvalue weighted by atomic mass is 19.1. The van der Waals surface area contributed by atoms with Crippen LogP contribution in [0.2, 0.25) is 0 Å². The van der Waals surface area contributed by atoms with Crippen LogP contribution in [0, 0.1) is 5.82 Å². The second kappa shape index (κ2) is 9.82. The maximum atomic E-state index is 14.5. The first-order valence-corrected chi connectivity index (χ1v) is 11.6. The van der Waals surface area contributed by atoms with Crippen LogP contribution in [-0.2, 0) is 10.2 Å². The molecule has 0 spiro atoms. The molecular formula is C26H33FN2O2. The minimum Gasteiger partial charge on any atom is -0.492 e. The van der Waals surface area contributed by atoms with E-state index in [0.717, 1.165) is 31.7 Å². The molecule has 1 heterocycles. The van der Waals surface area contributed by atoms with Crippen molar-refractivity contribution < 1.29 is 13.9 Å². The molecule has 1 aliphatic carbocycles. The van der Waals surface area contributed by atoms with Crippen molar-refractivity contribution in [3.63, 3.8) is 0 Å². The molecule has 2 aromatic rings. The number of nitrogens with one attached hydrogen (secondary N) is 1. The number of hydrogen-bond donors (Lipinski definition) is 1. The number of rotatable bonds is 7. The van der Waals surface area contributed by atoms with E-state index >= 15 is 0 Å². The fourth-order valence-electron chi connectivity index (χ4n) is 5.10. The van der Waals surface area contributed by atoms with Gasteiger partial charge in [-0.15, -0.1) is 0 Å². The summed E-state index contributed by atoms with van der Waals surface area (Å²) in [4.78, 5) is 15.7. The fourth-order valence-corrected chi connectivity index (χ4v) is 5.10. The van der Waals surface area contributed by atoms with Gasteiger partial charge in [-0.2, -0.15) is 0 Å². The molecule has 1 saturated carbocycles. The smallest absolute Gasteiger partial charge is 0.235 e. The van der Waals surface area contributed by atoms with E-state index in [1.807, 2.05) is 30.3 Å². The number of benzene rings is 2. The molecule has 2 aromatic carbocycles. The number of likely N-dealkylation sites (tertiary alicyclic amines) is 1. The van der Waals surface area contributed by atoms with Crippen LogP contribution in [0.25, 0.3) is 0 Å². The third-order valence-corrected chi connectivity index (χ3v) is 6.98. The van der Waals surface area contributed by atoms with Crippen molar-refractivity contribution in [3.8, 4) is 5.75 Å². The van der Waals surface area contributed by atoms with E-state index in [1.54, 1.807) is 12.1 Å². The van der Waals surface area contributed by atoms with Crippen LogP contribution in [-0.4, -0.2) is 36.5 Å². The molecule has 4 nitrogen and oxygen atoms in total. The van der Waals surface area contributed by atoms with Crippen LogP contribution in [0.3, 0.4) is 0 Å². The average Bonchev–Trinajstić information content (AvgIpc) is 3.28. The lowest BCUT2D eigenvalue weighted by molar-refractivity contribution is -0.121. The Morgan fingerprint density at radius 1 is 1.10 bits per heavy atom. The Bertz CT molecular complexity index is 877. The van der Waals surface area contributed by atoms with Crippen LogP contribution >= 0.6 is 0 Å². The molecule has 31 heavy (non-hydrogen) atoms. The minimum absolute atomic E-state index is 0.122. The molecule has 0 bridgehead atoms. The standard InChI is InChI=1S/C26H33FN2O2/c1-20-8-4-7-17-29(20)18-19-31-22-13-11-21(12-14-22)28-25(30)26(15-5-6-16-26)23-9-2-3-10-24(23)27/h2-3,9-14,20H,4-8,15-19H2,1H3,(H,28,30)/t20-/m0/s1. The Morgan fingerprint density at radius 2 is 1.84 bits per heavy atom. The molecule has 1 atom stereocenters. The van der Waals surface area contributed by atoms with E-state index in [2.05, 4.69) is 17.1 Å². The van der Waals surface area contributed by atoms with E-state index < -0.39 is 5.41 Å². The summed E-state index contributed by atoms with van der Waals surface area (Å²) >= 11 is 0. The van der Waals surface area contributed by atoms with Gasteiger partial charge in [-0.25, -0.2) is 4.39 Å². The highest BCUT2D eigenvalue weighted by molar-refractivity contribution is 5.99. The Hall–Kier alpha value is -2.40. The zero-order valence-electron chi connectivity index (χ0n) is 18.4. The van der Waals surface area contributed by atoms with Gasteiger partial charge in [0.1, 0.15) is 18.2 Å². The first-order chi connectivity index (χ1) is 15.1. The first kappa shape index (κ1) is 21.8. The van der Waals surface area contributed by atoms with Gasteiger partial charge in [-0.05, 0) is 69.5 Å². The van der Waals surface area contributed by atoms with Gasteiger partial charge in [-0.3, -0.25) is 9.69 Å². The molecule has 0 aromatic heterocycles. The number of ether oxygens (including phenoxy) is 1. The van der Waals surface area contributed by atoms with E-state index in [4.69, 9.17) is 4.74 Å². The molecular weight excluding hydrogens is 391 g/mol. The minimum atomic E-state index is -0.786. The SMILES string of the molecule is C[C@H]1CCCCN1CCOc1ccc(NC(=O)C2(c3ccccc3F)CCCC2)cc1. The third kappa shape index (κ3) is 4.93. The number of piperidine rings is 1. The monoisotopic (exact) mass is 424 g/mol. The molecule has 166 valence electrons. The summed E-state index contributed by atoms with van der Waals surface area (Å²) in [6.07, 6.45) is 7.08. The molecule has 2 aliphatic rings. The van der Waals surface area contributed by atoms with Crippen molar-refractivity contribution in [1.29, 1.82) is 0 Å². The third-order valence-electron chi connectivity index (χ3n) is 6.98. The van der Waals surface area contributed by atoms with Crippen molar-refractivity contribution in [3.05, 3.63) is 59.9 Å². The number of carbonyl (C=O) groups is 1. The molecule has 5 heteroatoms. The molecule has 1 saturated heterocycles. The Morgan fingerprint density at radius 3 is 2.55 bits per heavy atom. The second-order valence-electron chi connectivity index (χ2n) is 8.98. The quantitative estimate of drug-likeness (QED) is 0.635. The number of amides is 1. The summed E-state index contributed by atoms with van der Waals surface area (Å²) in [6.45, 7) is 5.03. The molecule has 2 fully saturated rings. The zero-order valence-corrected chi connectivity index (χ0v) is 18.4. The summed E-state index contributed by atoms with van der Waals surface area (Å²) in [5.41, 5.74) is 0.438. The van der Waals surface area contributed by atoms with Gasteiger partial charge < -0.3 is 10.1 Å². The van der Waals surface area contributed by atoms with Gasteiger partial charge in [0.2, 0.25) is 5.91 Å². The van der Waals surface area contributed by atoms with Crippen LogP contribution < -0.4 is 10.1 Å². The van der Waals surface area contributed by atoms with Crippen molar-refractivity contribution in [2.24, 2.45) is 0 Å². The van der Waals surface area contributed by atoms with Crippen molar-refractivity contribution >= 4 is 11.6 Å². The number of anilines is 1. The molecule has 0 unspecified atom stereocenters. The fraction of sp³-hybridized carbons (Fsp3) is 0.500. The van der Waals surface area contributed by atoms with Gasteiger partial charge >= 0.3 is 0 Å². The maximum absolute atomic E-state index is 14.5. The summed E-state index contributed by atoms with van der Waals surface area (Å²) < 4.78 is 20.4. The normalized spacial score (nSPS) is 21.0. The first-order valence-electron chi connectivity index (χ1n) is 11.6. The van der Waals surface area contributed by atoms with Gasteiger partial charge in [0.25, 0.3) is 0 Å². The highest BCUT2D eigenvalue weighted by Crippen LogP contribution is 2.43. The lowest BCUT2D eigenvalue weighted by atomic mass is 9.77. The lowest BCUT2D eigenvalue weighted by Crippen LogP contribution is -2.39. The van der Waals surface area contributed by atoms with Gasteiger partial charge in [0.15, 0.2) is 0 Å². The van der Waals surface area contributed by atoms with Gasteiger partial charge in [-0.1, -0.05) is 37.5 Å². The molecule has 1 amide bonds. The van der Waals surface area contributed by atoms with Gasteiger partial charge in [0, 0.05) is 23.8 Å². The van der Waals surface area contributed by atoms with E-state index in [-0.39, 0.29) is 11.7 Å². The van der Waals surface area contributed by atoms with Crippen molar-refractivity contribution in [2.45, 2.75) is 63.3 Å². The highest BCUT2D eigenvalue weighted by Gasteiger charge is 2.44. The molecule has 1 N–H and O–H groups in total. The average molecular weight is 425 g/mol. The largest absolute Gasteiger partial charge is 0.492 e. The van der Waals surface area contributed by atoms with E-state index in [9.17, 15) is 9.18 Å². The molecule has 0 radical (unpaired) electrons. The van der Waals surface area contributed by atoms with Crippen LogP contribution in [0.5, 0.6) is 5.75 Å². The summed E-state index contributed by atoms with van der Waals surface area (Å²) in [7, 11) is 0. The lowest BCUT2D eigenvalue weighted by Gasteiger charge is -2.33. The Balaban J connectivity index is 1.36. The van der Waals surface area contributed by atoms with Gasteiger partial charge in [0.05, 0.1) is 5.41 Å². The Kier molecular flexibility index (Phi) is 6.91. The van der Waals surface area contributed by atoms with E-state index in [0.29, 0.717) is 36.7 Å². The number of halogens is 1. The van der Waals surface area contributed by atoms with E-state index in [1.165, 1.54) is 25.3 Å². The maximum Gasteiger partial charge on any atom is 0.235 e. The Labute approximate surface area is 184 Å². The van der Waals surface area contributed by atoms with Crippen molar-refractivity contribution in [2.75, 3.05) is 25.0 Å². The number of carbonyl (C=O) groups excluding carboxylic acids is 1. The van der Waals surface area contributed by atoms with Crippen LogP contribution in [0.1, 0.15) is 57.4 Å². The predicted octanol–water partition coefficient (Wildman–Crippen LogP) is 5.53. The molecule has 1 aliphatic heterocycles. The van der Waals surface area contributed by atoms with Crippen LogP contribution in [0.4, 0.5) is 10.1 Å². The number of hydrogen-bond acceptors (Lipinski definition) is 3. The summed E-state index contributed by atoms with van der Waals surface area (Å²) in [5, 5.41) is 3.02. The predicted molar refractivity (Wildman–Crippen MR) is 122 cm³/mol. The van der Waals surface area contributed by atoms with Crippen LogP contribution in [0.15, 0.2) is 48.5 Å². The second-order valence-corrected chi connectivity index (χ2v) is 8.98. The number of nitrogens with zero attached hydrogens (tertiary/aromatic N) is 1. The summed E-state index contributed by atoms with van der Waals surface area (Å²) in [5.74, 6) is 0.376. The van der Waals surface area contributed by atoms with Crippen molar-refractivity contribution in [1.82, 2.24) is 4.90 Å². The topological polar surface area (TPSA) is 41.6 Å².